The first-order valence-electron chi connectivity index (χ1n) is 11.8. The molecule has 0 unspecified atom stereocenters. The van der Waals surface area contributed by atoms with Gasteiger partial charge in [-0.2, -0.15) is 0 Å². The number of aryl methyl sites for hydroxylation is 2. The highest BCUT2D eigenvalue weighted by Gasteiger charge is 2.28. The Balaban J connectivity index is 1.55. The summed E-state index contributed by atoms with van der Waals surface area (Å²) < 4.78 is 55.9. The van der Waals surface area contributed by atoms with Gasteiger partial charge in [0, 0.05) is 16.4 Å². The summed E-state index contributed by atoms with van der Waals surface area (Å²) in [4.78, 5) is 13.1. The highest BCUT2D eigenvalue weighted by atomic mass is 35.5. The molecule has 0 aliphatic carbocycles. The monoisotopic (exact) mass is 583 g/mol. The molecule has 8 nitrogen and oxygen atoms in total. The van der Waals surface area contributed by atoms with Gasteiger partial charge in [-0.15, -0.1) is 0 Å². The Kier molecular flexibility index (Phi) is 8.29. The zero-order chi connectivity index (χ0) is 28.2. The first-order valence-corrected chi connectivity index (χ1v) is 15.1. The second-order valence-corrected chi connectivity index (χ2v) is 12.8. The number of amides is 1. The topological polar surface area (TPSA) is 113 Å². The Morgan fingerprint density at radius 2 is 1.38 bits per heavy atom. The van der Waals surface area contributed by atoms with Gasteiger partial charge in [0.2, 0.25) is 5.91 Å². The van der Waals surface area contributed by atoms with Gasteiger partial charge in [0.15, 0.2) is 0 Å². The number of rotatable bonds is 9. The SMILES string of the molecule is Cc1ccc(S(=O)(=O)N(CC(=O)Nc2ccc(S(=O)(=O)Nc3ccccc3)cc2)c2ccc(C)c(Cl)c2)cc1. The fourth-order valence-electron chi connectivity index (χ4n) is 3.66. The van der Waals surface area contributed by atoms with E-state index in [1.807, 2.05) is 6.92 Å². The van der Waals surface area contributed by atoms with Crippen molar-refractivity contribution in [2.75, 3.05) is 20.9 Å². The van der Waals surface area contributed by atoms with Gasteiger partial charge >= 0.3 is 0 Å². The molecule has 39 heavy (non-hydrogen) atoms. The van der Waals surface area contributed by atoms with E-state index in [1.165, 1.54) is 42.5 Å². The average molecular weight is 584 g/mol. The normalized spacial score (nSPS) is 11.6. The Bertz CT molecular complexity index is 1690. The third-order valence-corrected chi connectivity index (χ3v) is 9.41. The van der Waals surface area contributed by atoms with Gasteiger partial charge in [-0.3, -0.25) is 13.8 Å². The standard InChI is InChI=1S/C28H26ClN3O5S2/c1-20-8-14-26(15-9-20)39(36,37)32(24-13-10-21(2)27(29)18-24)19-28(33)30-22-11-16-25(17-12-22)38(34,35)31-23-6-4-3-5-7-23/h3-18,31H,19H2,1-2H3,(H,30,33). The van der Waals surface area contributed by atoms with E-state index in [-0.39, 0.29) is 15.5 Å². The second kappa shape index (κ2) is 11.5. The maximum absolute atomic E-state index is 13.6. The summed E-state index contributed by atoms with van der Waals surface area (Å²) in [6.07, 6.45) is 0. The van der Waals surface area contributed by atoms with Gasteiger partial charge < -0.3 is 5.32 Å². The fourth-order valence-corrected chi connectivity index (χ4v) is 6.30. The molecule has 0 aromatic heterocycles. The minimum atomic E-state index is -4.12. The van der Waals surface area contributed by atoms with Gasteiger partial charge in [-0.1, -0.05) is 53.6 Å². The van der Waals surface area contributed by atoms with E-state index < -0.39 is 32.5 Å². The van der Waals surface area contributed by atoms with Crippen molar-refractivity contribution in [3.63, 3.8) is 0 Å². The van der Waals surface area contributed by atoms with Gasteiger partial charge in [0.25, 0.3) is 20.0 Å². The van der Waals surface area contributed by atoms with Gasteiger partial charge in [-0.05, 0) is 80.1 Å². The third-order valence-electron chi connectivity index (χ3n) is 5.81. The number of para-hydroxylation sites is 1. The molecule has 4 aromatic carbocycles. The molecule has 0 atom stereocenters. The summed E-state index contributed by atoms with van der Waals surface area (Å²) in [5.41, 5.74) is 2.60. The Labute approximate surface area is 233 Å². The van der Waals surface area contributed by atoms with Crippen LogP contribution >= 0.6 is 11.6 Å². The predicted molar refractivity (Wildman–Crippen MR) is 154 cm³/mol. The van der Waals surface area contributed by atoms with E-state index in [1.54, 1.807) is 61.5 Å². The van der Waals surface area contributed by atoms with E-state index in [4.69, 9.17) is 11.6 Å². The molecule has 0 radical (unpaired) electrons. The van der Waals surface area contributed by atoms with Crippen molar-refractivity contribution in [2.24, 2.45) is 0 Å². The molecule has 11 heteroatoms. The van der Waals surface area contributed by atoms with Crippen LogP contribution in [-0.2, 0) is 24.8 Å². The number of halogens is 1. The first kappa shape index (κ1) is 28.2. The molecular formula is C28H26ClN3O5S2. The third kappa shape index (κ3) is 6.78. The lowest BCUT2D eigenvalue weighted by Gasteiger charge is -2.24. The lowest BCUT2D eigenvalue weighted by molar-refractivity contribution is -0.114. The van der Waals surface area contributed by atoms with Crippen molar-refractivity contribution in [1.29, 1.82) is 0 Å². The molecule has 4 rings (SSSR count). The molecular weight excluding hydrogens is 558 g/mol. The molecule has 202 valence electrons. The summed E-state index contributed by atoms with van der Waals surface area (Å²) in [7, 11) is -7.95. The highest BCUT2D eigenvalue weighted by Crippen LogP contribution is 2.28. The Hall–Kier alpha value is -3.86. The number of nitrogens with zero attached hydrogens (tertiary/aromatic N) is 1. The lowest BCUT2D eigenvalue weighted by Crippen LogP contribution is -2.38. The first-order chi connectivity index (χ1) is 18.5. The zero-order valence-electron chi connectivity index (χ0n) is 21.1. The van der Waals surface area contributed by atoms with E-state index >= 15 is 0 Å². The van der Waals surface area contributed by atoms with Crippen LogP contribution in [0.25, 0.3) is 0 Å². The predicted octanol–water partition coefficient (Wildman–Crippen LogP) is 5.59. The van der Waals surface area contributed by atoms with Gasteiger partial charge in [0.1, 0.15) is 6.54 Å². The van der Waals surface area contributed by atoms with Crippen LogP contribution in [0.1, 0.15) is 11.1 Å². The van der Waals surface area contributed by atoms with Crippen LogP contribution in [0.15, 0.2) is 107 Å². The quantitative estimate of drug-likeness (QED) is 0.267. The summed E-state index contributed by atoms with van der Waals surface area (Å²) >= 11 is 6.27. The van der Waals surface area contributed by atoms with Crippen LogP contribution in [0.5, 0.6) is 0 Å². The molecule has 0 saturated heterocycles. The number of anilines is 3. The van der Waals surface area contributed by atoms with E-state index in [0.29, 0.717) is 16.4 Å². The smallest absolute Gasteiger partial charge is 0.264 e. The van der Waals surface area contributed by atoms with Gasteiger partial charge in [-0.25, -0.2) is 16.8 Å². The summed E-state index contributed by atoms with van der Waals surface area (Å²) in [5.74, 6) is -0.625. The van der Waals surface area contributed by atoms with Crippen molar-refractivity contribution in [3.05, 3.63) is 113 Å². The molecule has 0 spiro atoms. The minimum absolute atomic E-state index is 0.00206. The Morgan fingerprint density at radius 3 is 2.00 bits per heavy atom. The minimum Gasteiger partial charge on any atom is -0.325 e. The highest BCUT2D eigenvalue weighted by molar-refractivity contribution is 7.93. The maximum Gasteiger partial charge on any atom is 0.264 e. The lowest BCUT2D eigenvalue weighted by atomic mass is 10.2. The maximum atomic E-state index is 13.6. The average Bonchev–Trinajstić information content (AvgIpc) is 2.90. The molecule has 0 aliphatic rings. The van der Waals surface area contributed by atoms with Crippen LogP contribution in [0.4, 0.5) is 17.1 Å². The van der Waals surface area contributed by atoms with Crippen LogP contribution in [0, 0.1) is 13.8 Å². The van der Waals surface area contributed by atoms with Crippen LogP contribution in [0.3, 0.4) is 0 Å². The van der Waals surface area contributed by atoms with Crippen molar-refractivity contribution in [2.45, 2.75) is 23.6 Å². The number of carbonyl (C=O) groups excluding carboxylic acids is 1. The number of hydrogen-bond donors (Lipinski definition) is 2. The molecule has 2 N–H and O–H groups in total. The van der Waals surface area contributed by atoms with E-state index in [0.717, 1.165) is 15.4 Å². The number of hydrogen-bond acceptors (Lipinski definition) is 5. The molecule has 0 bridgehead atoms. The van der Waals surface area contributed by atoms with Crippen LogP contribution < -0.4 is 14.3 Å². The van der Waals surface area contributed by atoms with Crippen molar-refractivity contribution in [1.82, 2.24) is 0 Å². The molecule has 1 amide bonds. The number of sulfonamides is 2. The molecule has 4 aromatic rings. The summed E-state index contributed by atoms with van der Waals surface area (Å²) in [5, 5.41) is 3.00. The molecule has 0 saturated carbocycles. The largest absolute Gasteiger partial charge is 0.325 e. The molecule has 0 heterocycles. The van der Waals surface area contributed by atoms with Gasteiger partial charge in [0.05, 0.1) is 15.5 Å². The van der Waals surface area contributed by atoms with Crippen LogP contribution in [-0.4, -0.2) is 29.3 Å². The van der Waals surface area contributed by atoms with Crippen molar-refractivity contribution in [3.8, 4) is 0 Å². The number of benzene rings is 4. The fraction of sp³-hybridized carbons (Fsp3) is 0.107. The van der Waals surface area contributed by atoms with Crippen LogP contribution in [0.2, 0.25) is 5.02 Å². The van der Waals surface area contributed by atoms with E-state index in [2.05, 4.69) is 10.0 Å². The van der Waals surface area contributed by atoms with Crippen molar-refractivity contribution >= 4 is 54.6 Å². The van der Waals surface area contributed by atoms with Crippen molar-refractivity contribution < 1.29 is 21.6 Å². The van der Waals surface area contributed by atoms with E-state index in [9.17, 15) is 21.6 Å². The summed E-state index contributed by atoms with van der Waals surface area (Å²) in [6, 6.07) is 25.1. The molecule has 0 fully saturated rings. The zero-order valence-corrected chi connectivity index (χ0v) is 23.5. The second-order valence-electron chi connectivity index (χ2n) is 8.80. The Morgan fingerprint density at radius 1 is 0.769 bits per heavy atom. The summed E-state index contributed by atoms with van der Waals surface area (Å²) in [6.45, 7) is 3.09. The molecule has 0 aliphatic heterocycles. The number of carbonyl (C=O) groups is 1. The number of nitrogens with one attached hydrogen (secondary N) is 2.